The molecule has 0 aliphatic carbocycles. The average molecular weight is 684 g/mol. The van der Waals surface area contributed by atoms with E-state index in [4.69, 9.17) is 14.2 Å². The highest BCUT2D eigenvalue weighted by molar-refractivity contribution is 7.89. The van der Waals surface area contributed by atoms with Crippen molar-refractivity contribution < 1.29 is 32.2 Å². The lowest BCUT2D eigenvalue weighted by molar-refractivity contribution is -0.141. The molecule has 0 aromatic heterocycles. The summed E-state index contributed by atoms with van der Waals surface area (Å²) in [7, 11) is -1.93. The van der Waals surface area contributed by atoms with Gasteiger partial charge in [0.1, 0.15) is 11.8 Å². The van der Waals surface area contributed by atoms with Gasteiger partial charge < -0.3 is 24.4 Å². The number of nitrogens with zero attached hydrogens (tertiary/aromatic N) is 2. The molecule has 10 nitrogen and oxygen atoms in total. The van der Waals surface area contributed by atoms with E-state index >= 15 is 0 Å². The molecule has 6 rings (SSSR count). The number of carbonyl (C=O) groups is 2. The molecule has 0 saturated carbocycles. The van der Waals surface area contributed by atoms with Gasteiger partial charge in [-0.25, -0.2) is 8.42 Å². The Hall–Kier alpha value is -4.87. The summed E-state index contributed by atoms with van der Waals surface area (Å²) in [4.78, 5) is 30.1. The van der Waals surface area contributed by atoms with Crippen LogP contribution in [0.15, 0.2) is 102 Å². The first kappa shape index (κ1) is 34.0. The summed E-state index contributed by atoms with van der Waals surface area (Å²) in [6.45, 7) is 1.70. The minimum atomic E-state index is -3.53. The second-order valence-electron chi connectivity index (χ2n) is 12.2. The Balaban J connectivity index is 1.22. The lowest BCUT2D eigenvalue weighted by Gasteiger charge is -2.32. The number of rotatable bonds is 14. The summed E-state index contributed by atoms with van der Waals surface area (Å²) in [5.41, 5.74) is 3.46. The quantitative estimate of drug-likeness (QED) is 0.197. The fourth-order valence-corrected chi connectivity index (χ4v) is 7.66. The third kappa shape index (κ3) is 8.41. The molecule has 1 atom stereocenters. The minimum Gasteiger partial charge on any atom is -0.497 e. The van der Waals surface area contributed by atoms with E-state index in [0.717, 1.165) is 35.1 Å². The van der Waals surface area contributed by atoms with E-state index in [9.17, 15) is 18.0 Å². The molecular formula is C38H41N3O7S. The Morgan fingerprint density at radius 1 is 0.837 bits per heavy atom. The molecule has 0 radical (unpaired) electrons. The van der Waals surface area contributed by atoms with Gasteiger partial charge >= 0.3 is 0 Å². The topological polar surface area (TPSA) is 114 Å². The highest BCUT2D eigenvalue weighted by Crippen LogP contribution is 2.32. The van der Waals surface area contributed by atoms with Crippen molar-refractivity contribution in [1.82, 2.24) is 14.5 Å². The van der Waals surface area contributed by atoms with Gasteiger partial charge in [0, 0.05) is 39.0 Å². The van der Waals surface area contributed by atoms with Crippen LogP contribution < -0.4 is 19.5 Å². The maximum absolute atomic E-state index is 14.2. The highest BCUT2D eigenvalue weighted by atomic mass is 32.2. The SMILES string of the molecule is COc1ccc(CN(C(=O)CCc2ccc(S(=O)(=O)N3CCCC3)cc2)C(Cc2ccccc2)C(=O)NCc2ccc3c(c2)OCO3)cc1. The lowest BCUT2D eigenvalue weighted by atomic mass is 10.0. The zero-order valence-corrected chi connectivity index (χ0v) is 28.4. The molecule has 256 valence electrons. The molecule has 1 unspecified atom stereocenters. The highest BCUT2D eigenvalue weighted by Gasteiger charge is 2.31. The van der Waals surface area contributed by atoms with Crippen LogP contribution in [0.2, 0.25) is 0 Å². The number of hydrogen-bond donors (Lipinski definition) is 1. The van der Waals surface area contributed by atoms with Crippen molar-refractivity contribution in [3.63, 3.8) is 0 Å². The molecule has 11 heteroatoms. The van der Waals surface area contributed by atoms with Crippen molar-refractivity contribution in [3.05, 3.63) is 119 Å². The fraction of sp³-hybridized carbons (Fsp3) is 0.316. The maximum Gasteiger partial charge on any atom is 0.243 e. The molecule has 2 heterocycles. The molecule has 2 amide bonds. The molecule has 0 spiro atoms. The number of ether oxygens (including phenoxy) is 3. The number of methoxy groups -OCH3 is 1. The number of amides is 2. The van der Waals surface area contributed by atoms with Crippen molar-refractivity contribution in [2.45, 2.75) is 56.1 Å². The predicted molar refractivity (Wildman–Crippen MR) is 185 cm³/mol. The molecular weight excluding hydrogens is 642 g/mol. The predicted octanol–water partition coefficient (Wildman–Crippen LogP) is 5.10. The minimum absolute atomic E-state index is 0.134. The molecule has 0 bridgehead atoms. The van der Waals surface area contributed by atoms with Crippen LogP contribution in [-0.4, -0.2) is 62.5 Å². The molecule has 49 heavy (non-hydrogen) atoms. The van der Waals surface area contributed by atoms with Crippen LogP contribution in [0.4, 0.5) is 0 Å². The number of benzene rings is 4. The third-order valence-corrected chi connectivity index (χ3v) is 10.9. The van der Waals surface area contributed by atoms with Gasteiger partial charge in [-0.1, -0.05) is 60.7 Å². The second-order valence-corrected chi connectivity index (χ2v) is 14.2. The molecule has 1 N–H and O–H groups in total. The summed E-state index contributed by atoms with van der Waals surface area (Å²) < 4.78 is 43.8. The first-order valence-corrected chi connectivity index (χ1v) is 18.0. The van der Waals surface area contributed by atoms with E-state index in [1.54, 1.807) is 36.3 Å². The normalized spacial score (nSPS) is 14.7. The van der Waals surface area contributed by atoms with Crippen molar-refractivity contribution in [1.29, 1.82) is 0 Å². The summed E-state index contributed by atoms with van der Waals surface area (Å²) in [5, 5.41) is 3.06. The number of hydrogen-bond acceptors (Lipinski definition) is 7. The van der Waals surface area contributed by atoms with Crippen LogP contribution in [0.3, 0.4) is 0 Å². The smallest absolute Gasteiger partial charge is 0.243 e. The van der Waals surface area contributed by atoms with Gasteiger partial charge in [0.25, 0.3) is 0 Å². The van der Waals surface area contributed by atoms with Crippen LogP contribution in [0, 0.1) is 0 Å². The zero-order chi connectivity index (χ0) is 34.2. The Morgan fingerprint density at radius 2 is 1.51 bits per heavy atom. The van der Waals surface area contributed by atoms with Gasteiger partial charge in [0.2, 0.25) is 28.6 Å². The van der Waals surface area contributed by atoms with E-state index in [1.165, 1.54) is 4.31 Å². The van der Waals surface area contributed by atoms with Crippen molar-refractivity contribution in [2.75, 3.05) is 27.0 Å². The van der Waals surface area contributed by atoms with Crippen LogP contribution in [0.1, 0.15) is 41.5 Å². The van der Waals surface area contributed by atoms with Crippen molar-refractivity contribution in [3.8, 4) is 17.2 Å². The summed E-state index contributed by atoms with van der Waals surface area (Å²) in [5.74, 6) is 1.52. The molecule has 1 fully saturated rings. The van der Waals surface area contributed by atoms with Crippen LogP contribution in [0.5, 0.6) is 17.2 Å². The Morgan fingerprint density at radius 3 is 2.22 bits per heavy atom. The van der Waals surface area contributed by atoms with E-state index < -0.39 is 16.1 Å². The van der Waals surface area contributed by atoms with Crippen molar-refractivity contribution >= 4 is 21.8 Å². The van der Waals surface area contributed by atoms with E-state index in [-0.39, 0.29) is 43.0 Å². The fourth-order valence-electron chi connectivity index (χ4n) is 6.14. The molecule has 4 aromatic rings. The van der Waals surface area contributed by atoms with Crippen LogP contribution in [0.25, 0.3) is 0 Å². The van der Waals surface area contributed by atoms with Gasteiger partial charge in [0.05, 0.1) is 12.0 Å². The van der Waals surface area contributed by atoms with Gasteiger partial charge in [-0.15, -0.1) is 0 Å². The van der Waals surface area contributed by atoms with Gasteiger partial charge in [-0.05, 0) is 77.9 Å². The number of nitrogens with one attached hydrogen (secondary N) is 1. The van der Waals surface area contributed by atoms with E-state index in [1.807, 2.05) is 72.8 Å². The summed E-state index contributed by atoms with van der Waals surface area (Å²) in [6, 6.07) is 28.6. The number of sulfonamides is 1. The van der Waals surface area contributed by atoms with Gasteiger partial charge in [0.15, 0.2) is 11.5 Å². The molecule has 4 aromatic carbocycles. The standard InChI is InChI=1S/C38H41N3O7S/c1-46-32-15-9-30(10-16-32)26-41(37(42)20-14-28-11-17-33(18-12-28)49(44,45)40-21-5-6-22-40)34(23-29-7-3-2-4-8-29)38(43)39-25-31-13-19-35-36(24-31)48-27-47-35/h2-4,7-13,15-19,24,34H,5-6,14,20-23,25-27H2,1H3,(H,39,43). The van der Waals surface area contributed by atoms with Crippen LogP contribution in [-0.2, 0) is 45.5 Å². The number of fused-ring (bicyclic) bond motifs is 1. The van der Waals surface area contributed by atoms with Crippen LogP contribution >= 0.6 is 0 Å². The first-order valence-electron chi connectivity index (χ1n) is 16.5. The summed E-state index contributed by atoms with van der Waals surface area (Å²) >= 11 is 0. The number of carbonyl (C=O) groups excluding carboxylic acids is 2. The first-order chi connectivity index (χ1) is 23.8. The van der Waals surface area contributed by atoms with E-state index in [0.29, 0.717) is 43.2 Å². The molecule has 1 saturated heterocycles. The largest absolute Gasteiger partial charge is 0.497 e. The monoisotopic (exact) mass is 683 g/mol. The second kappa shape index (κ2) is 15.6. The molecule has 2 aliphatic rings. The Kier molecular flexibility index (Phi) is 10.8. The molecule has 2 aliphatic heterocycles. The van der Waals surface area contributed by atoms with Gasteiger partial charge in [-0.2, -0.15) is 4.31 Å². The maximum atomic E-state index is 14.2. The Bertz CT molecular complexity index is 1840. The van der Waals surface area contributed by atoms with E-state index in [2.05, 4.69) is 5.32 Å². The zero-order valence-electron chi connectivity index (χ0n) is 27.5. The average Bonchev–Trinajstić information content (AvgIpc) is 3.85. The number of aryl methyl sites for hydroxylation is 1. The summed E-state index contributed by atoms with van der Waals surface area (Å²) in [6.07, 6.45) is 2.58. The van der Waals surface area contributed by atoms with Crippen molar-refractivity contribution in [2.24, 2.45) is 0 Å². The lowest BCUT2D eigenvalue weighted by Crippen LogP contribution is -2.50. The Labute approximate surface area is 287 Å². The van der Waals surface area contributed by atoms with Gasteiger partial charge in [-0.3, -0.25) is 9.59 Å². The third-order valence-electron chi connectivity index (χ3n) is 8.94.